The van der Waals surface area contributed by atoms with Crippen LogP contribution in [0.5, 0.6) is 0 Å². The van der Waals surface area contributed by atoms with E-state index in [-0.39, 0.29) is 17.0 Å². The van der Waals surface area contributed by atoms with Gasteiger partial charge >= 0.3 is 5.97 Å². The van der Waals surface area contributed by atoms with Crippen LogP contribution in [0, 0.1) is 11.6 Å². The third-order valence-corrected chi connectivity index (χ3v) is 3.41. The number of hydrogen-bond acceptors (Lipinski definition) is 5. The fourth-order valence-electron chi connectivity index (χ4n) is 1.78. The number of aromatic carboxylic acids is 1. The van der Waals surface area contributed by atoms with E-state index >= 15 is 0 Å². The highest BCUT2D eigenvalue weighted by Gasteiger charge is 2.23. The molecule has 0 radical (unpaired) electrons. The molecule has 0 spiro atoms. The number of thiazole rings is 1. The first-order valence-corrected chi connectivity index (χ1v) is 6.50. The molecule has 2 heterocycles. The van der Waals surface area contributed by atoms with Gasteiger partial charge in [-0.15, -0.1) is 16.4 Å². The topological polar surface area (TPSA) is 80.9 Å². The van der Waals surface area contributed by atoms with E-state index in [0.717, 1.165) is 12.1 Å². The second-order valence-corrected chi connectivity index (χ2v) is 4.82. The summed E-state index contributed by atoms with van der Waals surface area (Å²) >= 11 is 1.21. The lowest BCUT2D eigenvalue weighted by atomic mass is 10.1. The molecule has 0 saturated carbocycles. The SMILES string of the molecule is O=C(O)c1nnn(-c2nccs2)c1-c1ccc(F)c(F)c1. The number of aromatic nitrogens is 4. The van der Waals surface area contributed by atoms with Crippen LogP contribution in [0.25, 0.3) is 16.4 Å². The maximum absolute atomic E-state index is 13.4. The molecule has 9 heteroatoms. The zero-order chi connectivity index (χ0) is 15.0. The summed E-state index contributed by atoms with van der Waals surface area (Å²) in [5, 5.41) is 18.5. The Bertz CT molecular complexity index is 817. The molecule has 21 heavy (non-hydrogen) atoms. The Morgan fingerprint density at radius 3 is 2.71 bits per heavy atom. The summed E-state index contributed by atoms with van der Waals surface area (Å²) in [6.45, 7) is 0. The Kier molecular flexibility index (Phi) is 3.18. The molecule has 0 aliphatic heterocycles. The maximum atomic E-state index is 13.4. The molecule has 1 aromatic carbocycles. The van der Waals surface area contributed by atoms with Crippen molar-refractivity contribution < 1.29 is 18.7 Å². The summed E-state index contributed by atoms with van der Waals surface area (Å²) in [7, 11) is 0. The summed E-state index contributed by atoms with van der Waals surface area (Å²) in [4.78, 5) is 15.2. The van der Waals surface area contributed by atoms with Crippen LogP contribution >= 0.6 is 11.3 Å². The van der Waals surface area contributed by atoms with Crippen molar-refractivity contribution in [3.63, 3.8) is 0 Å². The van der Waals surface area contributed by atoms with Crippen molar-refractivity contribution in [2.75, 3.05) is 0 Å². The molecule has 0 unspecified atom stereocenters. The molecule has 1 N–H and O–H groups in total. The van der Waals surface area contributed by atoms with E-state index in [4.69, 9.17) is 5.11 Å². The second-order valence-electron chi connectivity index (χ2n) is 3.95. The van der Waals surface area contributed by atoms with Crippen molar-refractivity contribution in [2.24, 2.45) is 0 Å². The van der Waals surface area contributed by atoms with Crippen LogP contribution in [-0.2, 0) is 0 Å². The summed E-state index contributed by atoms with van der Waals surface area (Å²) in [5.74, 6) is -3.43. The zero-order valence-corrected chi connectivity index (χ0v) is 11.0. The van der Waals surface area contributed by atoms with E-state index in [0.29, 0.717) is 5.13 Å². The van der Waals surface area contributed by atoms with Crippen LogP contribution in [0.4, 0.5) is 8.78 Å². The third kappa shape index (κ3) is 2.27. The normalized spacial score (nSPS) is 10.8. The fourth-order valence-corrected chi connectivity index (χ4v) is 2.38. The van der Waals surface area contributed by atoms with E-state index in [1.807, 2.05) is 0 Å². The number of rotatable bonds is 3. The van der Waals surface area contributed by atoms with Gasteiger partial charge in [-0.1, -0.05) is 5.21 Å². The van der Waals surface area contributed by atoms with E-state index in [1.54, 1.807) is 5.38 Å². The third-order valence-electron chi connectivity index (χ3n) is 2.67. The van der Waals surface area contributed by atoms with Crippen molar-refractivity contribution in [3.05, 3.63) is 47.1 Å². The van der Waals surface area contributed by atoms with Gasteiger partial charge in [-0.25, -0.2) is 18.6 Å². The van der Waals surface area contributed by atoms with Gasteiger partial charge in [0.15, 0.2) is 17.3 Å². The standard InChI is InChI=1S/C12H6F2N4O2S/c13-7-2-1-6(5-8(7)14)10-9(11(19)20)16-17-18(10)12-15-3-4-21-12/h1-5H,(H,19,20). The van der Waals surface area contributed by atoms with Crippen LogP contribution in [0.1, 0.15) is 10.5 Å². The Labute approximate surface area is 120 Å². The Hall–Kier alpha value is -2.68. The predicted molar refractivity (Wildman–Crippen MR) is 69.3 cm³/mol. The van der Waals surface area contributed by atoms with Crippen LogP contribution in [0.3, 0.4) is 0 Å². The fraction of sp³-hybridized carbons (Fsp3) is 0. The molecule has 0 bridgehead atoms. The van der Waals surface area contributed by atoms with Gasteiger partial charge < -0.3 is 5.11 Å². The van der Waals surface area contributed by atoms with Gasteiger partial charge in [0.1, 0.15) is 5.69 Å². The molecular weight excluding hydrogens is 302 g/mol. The van der Waals surface area contributed by atoms with E-state index in [9.17, 15) is 13.6 Å². The molecule has 3 aromatic rings. The van der Waals surface area contributed by atoms with Crippen molar-refractivity contribution in [1.29, 1.82) is 0 Å². The summed E-state index contributed by atoms with van der Waals surface area (Å²) < 4.78 is 27.6. The van der Waals surface area contributed by atoms with Crippen LogP contribution in [0.15, 0.2) is 29.8 Å². The van der Waals surface area contributed by atoms with E-state index < -0.39 is 17.6 Å². The largest absolute Gasteiger partial charge is 0.476 e. The van der Waals surface area contributed by atoms with Gasteiger partial charge in [0.2, 0.25) is 5.13 Å². The van der Waals surface area contributed by atoms with Crippen LogP contribution in [0.2, 0.25) is 0 Å². The van der Waals surface area contributed by atoms with Crippen molar-refractivity contribution in [2.45, 2.75) is 0 Å². The van der Waals surface area contributed by atoms with Crippen molar-refractivity contribution in [3.8, 4) is 16.4 Å². The molecule has 0 fully saturated rings. The Balaban J connectivity index is 2.26. The second kappa shape index (κ2) is 5.02. The van der Waals surface area contributed by atoms with Gasteiger partial charge in [0.05, 0.1) is 0 Å². The lowest BCUT2D eigenvalue weighted by Gasteiger charge is -2.05. The monoisotopic (exact) mass is 308 g/mol. The Morgan fingerprint density at radius 2 is 2.10 bits per heavy atom. The first-order valence-electron chi connectivity index (χ1n) is 5.62. The number of halogens is 2. The summed E-state index contributed by atoms with van der Waals surface area (Å²) in [6, 6.07) is 3.06. The first-order chi connectivity index (χ1) is 10.1. The molecule has 0 aliphatic carbocycles. The molecule has 2 aromatic heterocycles. The maximum Gasteiger partial charge on any atom is 0.358 e. The van der Waals surface area contributed by atoms with Crippen molar-refractivity contribution in [1.82, 2.24) is 20.0 Å². The smallest absolute Gasteiger partial charge is 0.358 e. The summed E-state index contributed by atoms with van der Waals surface area (Å²) in [6.07, 6.45) is 1.51. The highest BCUT2D eigenvalue weighted by molar-refractivity contribution is 7.12. The highest BCUT2D eigenvalue weighted by Crippen LogP contribution is 2.27. The van der Waals surface area contributed by atoms with Crippen LogP contribution < -0.4 is 0 Å². The quantitative estimate of drug-likeness (QED) is 0.803. The molecule has 106 valence electrons. The molecule has 0 atom stereocenters. The van der Waals surface area contributed by atoms with Gasteiger partial charge in [-0.3, -0.25) is 0 Å². The average Bonchev–Trinajstić information content (AvgIpc) is 3.09. The number of carbonyl (C=O) groups is 1. The van der Waals surface area contributed by atoms with Gasteiger partial charge in [-0.2, -0.15) is 4.68 Å². The van der Waals surface area contributed by atoms with Gasteiger partial charge in [0.25, 0.3) is 0 Å². The summed E-state index contributed by atoms with van der Waals surface area (Å²) in [5.41, 5.74) is -0.181. The van der Waals surface area contributed by atoms with Crippen LogP contribution in [-0.4, -0.2) is 31.1 Å². The first kappa shape index (κ1) is 13.3. The molecule has 0 saturated heterocycles. The molecule has 0 amide bonds. The predicted octanol–water partition coefficient (Wildman–Crippen LogP) is 2.37. The number of hydrogen-bond donors (Lipinski definition) is 1. The lowest BCUT2D eigenvalue weighted by Crippen LogP contribution is -2.03. The molecule has 0 aliphatic rings. The number of carboxylic acid groups (broad SMARTS) is 1. The van der Waals surface area contributed by atoms with Gasteiger partial charge in [-0.05, 0) is 18.2 Å². The minimum atomic E-state index is -1.32. The Morgan fingerprint density at radius 1 is 1.29 bits per heavy atom. The number of carboxylic acids is 1. The van der Waals surface area contributed by atoms with Gasteiger partial charge in [0, 0.05) is 17.1 Å². The minimum absolute atomic E-state index is 0.0383. The molecule has 6 nitrogen and oxygen atoms in total. The zero-order valence-electron chi connectivity index (χ0n) is 10.2. The van der Waals surface area contributed by atoms with Crippen molar-refractivity contribution >= 4 is 17.3 Å². The van der Waals surface area contributed by atoms with E-state index in [2.05, 4.69) is 15.3 Å². The molecule has 3 rings (SSSR count). The number of nitrogens with zero attached hydrogens (tertiary/aromatic N) is 4. The number of benzene rings is 1. The average molecular weight is 308 g/mol. The highest BCUT2D eigenvalue weighted by atomic mass is 32.1. The van der Waals surface area contributed by atoms with E-state index in [1.165, 1.54) is 28.3 Å². The minimum Gasteiger partial charge on any atom is -0.476 e. The lowest BCUT2D eigenvalue weighted by molar-refractivity contribution is 0.0691. The molecular formula is C12H6F2N4O2S.